The normalized spacial score (nSPS) is 15.9. The van der Waals surface area contributed by atoms with E-state index in [4.69, 9.17) is 9.84 Å². The van der Waals surface area contributed by atoms with Crippen LogP contribution in [0, 0.1) is 0 Å². The van der Waals surface area contributed by atoms with E-state index in [-0.39, 0.29) is 18.7 Å². The van der Waals surface area contributed by atoms with Gasteiger partial charge in [0.2, 0.25) is 5.91 Å². The first-order valence-electron chi connectivity index (χ1n) is 6.07. The number of carbonyl (C=O) groups is 3. The van der Waals surface area contributed by atoms with Crippen LogP contribution in [0.15, 0.2) is 0 Å². The highest BCUT2D eigenvalue weighted by Gasteiger charge is 2.22. The van der Waals surface area contributed by atoms with Crippen molar-refractivity contribution < 1.29 is 24.2 Å². The summed E-state index contributed by atoms with van der Waals surface area (Å²) in [6, 6.07) is -0.319. The van der Waals surface area contributed by atoms with Gasteiger partial charge in [0.15, 0.2) is 0 Å². The van der Waals surface area contributed by atoms with Gasteiger partial charge in [-0.15, -0.1) is 0 Å². The van der Waals surface area contributed by atoms with Gasteiger partial charge in [0.05, 0.1) is 12.6 Å². The van der Waals surface area contributed by atoms with Crippen LogP contribution in [-0.4, -0.2) is 67.3 Å². The smallest absolute Gasteiger partial charge is 0.322 e. The SMILES string of the molecule is COC1CCN(C(=O)NCC(=O)NCC(=O)O)CC1. The van der Waals surface area contributed by atoms with Gasteiger partial charge in [0.25, 0.3) is 0 Å². The van der Waals surface area contributed by atoms with Crippen molar-refractivity contribution in [3.05, 3.63) is 0 Å². The topological polar surface area (TPSA) is 108 Å². The van der Waals surface area contributed by atoms with Crippen LogP contribution in [0.3, 0.4) is 0 Å². The second kappa shape index (κ2) is 7.57. The lowest BCUT2D eigenvalue weighted by Gasteiger charge is -2.31. The molecule has 1 fully saturated rings. The summed E-state index contributed by atoms with van der Waals surface area (Å²) in [6.45, 7) is 0.492. The lowest BCUT2D eigenvalue weighted by molar-refractivity contribution is -0.137. The van der Waals surface area contributed by atoms with E-state index in [2.05, 4.69) is 10.6 Å². The Labute approximate surface area is 111 Å². The molecular weight excluding hydrogens is 254 g/mol. The third-order valence-electron chi connectivity index (χ3n) is 2.90. The number of carboxylic acids is 1. The van der Waals surface area contributed by atoms with Gasteiger partial charge < -0.3 is 25.4 Å². The van der Waals surface area contributed by atoms with Crippen LogP contribution in [0.4, 0.5) is 4.79 Å². The fraction of sp³-hybridized carbons (Fsp3) is 0.727. The lowest BCUT2D eigenvalue weighted by Crippen LogP contribution is -2.48. The van der Waals surface area contributed by atoms with E-state index < -0.39 is 18.4 Å². The standard InChI is InChI=1S/C11H19N3O5/c1-19-8-2-4-14(5-3-8)11(18)13-6-9(15)12-7-10(16)17/h8H,2-7H2,1H3,(H,12,15)(H,13,18)(H,16,17). The molecule has 0 bridgehead atoms. The van der Waals surface area contributed by atoms with Gasteiger partial charge in [0, 0.05) is 20.2 Å². The molecule has 0 aromatic heterocycles. The summed E-state index contributed by atoms with van der Waals surface area (Å²) < 4.78 is 5.19. The largest absolute Gasteiger partial charge is 0.480 e. The molecule has 1 rings (SSSR count). The molecule has 0 aromatic rings. The minimum atomic E-state index is -1.12. The Hall–Kier alpha value is -1.83. The molecule has 8 heteroatoms. The second-order valence-electron chi connectivity index (χ2n) is 4.25. The van der Waals surface area contributed by atoms with Crippen molar-refractivity contribution in [3.8, 4) is 0 Å². The number of hydrogen-bond acceptors (Lipinski definition) is 4. The number of urea groups is 1. The maximum atomic E-state index is 11.7. The fourth-order valence-corrected chi connectivity index (χ4v) is 1.80. The van der Waals surface area contributed by atoms with Gasteiger partial charge in [-0.05, 0) is 12.8 Å². The van der Waals surface area contributed by atoms with E-state index in [0.29, 0.717) is 13.1 Å². The Morgan fingerprint density at radius 1 is 1.21 bits per heavy atom. The van der Waals surface area contributed by atoms with Crippen molar-refractivity contribution >= 4 is 17.9 Å². The van der Waals surface area contributed by atoms with Crippen molar-refractivity contribution in [1.29, 1.82) is 0 Å². The van der Waals surface area contributed by atoms with Crippen LogP contribution in [0.2, 0.25) is 0 Å². The van der Waals surface area contributed by atoms with E-state index in [1.807, 2.05) is 0 Å². The van der Waals surface area contributed by atoms with Crippen molar-refractivity contribution in [2.75, 3.05) is 33.3 Å². The molecule has 108 valence electrons. The number of carboxylic acid groups (broad SMARTS) is 1. The zero-order valence-corrected chi connectivity index (χ0v) is 10.8. The third-order valence-corrected chi connectivity index (χ3v) is 2.90. The number of piperidine rings is 1. The molecule has 0 atom stereocenters. The minimum absolute atomic E-state index is 0.183. The molecule has 8 nitrogen and oxygen atoms in total. The first-order chi connectivity index (χ1) is 9.02. The van der Waals surface area contributed by atoms with Gasteiger partial charge in [-0.2, -0.15) is 0 Å². The third kappa shape index (κ3) is 5.56. The van der Waals surface area contributed by atoms with Crippen LogP contribution in [0.5, 0.6) is 0 Å². The van der Waals surface area contributed by atoms with E-state index in [0.717, 1.165) is 12.8 Å². The molecule has 0 unspecified atom stereocenters. The number of methoxy groups -OCH3 is 1. The van der Waals surface area contributed by atoms with Crippen molar-refractivity contribution in [1.82, 2.24) is 15.5 Å². The number of likely N-dealkylation sites (tertiary alicyclic amines) is 1. The Kier molecular flexibility index (Phi) is 6.07. The summed E-state index contributed by atoms with van der Waals surface area (Å²) in [5.74, 6) is -1.65. The highest BCUT2D eigenvalue weighted by atomic mass is 16.5. The number of hydrogen-bond donors (Lipinski definition) is 3. The monoisotopic (exact) mass is 273 g/mol. The predicted molar refractivity (Wildman–Crippen MR) is 65.6 cm³/mol. The van der Waals surface area contributed by atoms with Gasteiger partial charge in [-0.25, -0.2) is 4.79 Å². The van der Waals surface area contributed by atoms with E-state index in [1.165, 1.54) is 0 Å². The van der Waals surface area contributed by atoms with Crippen molar-refractivity contribution in [3.63, 3.8) is 0 Å². The summed E-state index contributed by atoms with van der Waals surface area (Å²) in [5, 5.41) is 13.0. The van der Waals surface area contributed by atoms with Gasteiger partial charge >= 0.3 is 12.0 Å². The molecule has 0 radical (unpaired) electrons. The first kappa shape index (κ1) is 15.2. The molecule has 1 saturated heterocycles. The summed E-state index contributed by atoms with van der Waals surface area (Å²) in [4.78, 5) is 34.8. The zero-order valence-electron chi connectivity index (χ0n) is 10.8. The molecule has 0 saturated carbocycles. The molecule has 3 amide bonds. The molecule has 0 spiro atoms. The van der Waals surface area contributed by atoms with E-state index >= 15 is 0 Å². The number of aliphatic carboxylic acids is 1. The fourth-order valence-electron chi connectivity index (χ4n) is 1.80. The maximum absolute atomic E-state index is 11.7. The van der Waals surface area contributed by atoms with Crippen molar-refractivity contribution in [2.45, 2.75) is 18.9 Å². The number of ether oxygens (including phenoxy) is 1. The molecule has 0 aromatic carbocycles. The quantitative estimate of drug-likeness (QED) is 0.596. The van der Waals surface area contributed by atoms with Crippen LogP contribution in [0.25, 0.3) is 0 Å². The Balaban J connectivity index is 2.21. The summed E-state index contributed by atoms with van der Waals surface area (Å²) in [5.41, 5.74) is 0. The average Bonchev–Trinajstić information content (AvgIpc) is 2.42. The second-order valence-corrected chi connectivity index (χ2v) is 4.25. The lowest BCUT2D eigenvalue weighted by atomic mass is 10.1. The van der Waals surface area contributed by atoms with Gasteiger partial charge in [-0.3, -0.25) is 9.59 Å². The molecule has 19 heavy (non-hydrogen) atoms. The predicted octanol–water partition coefficient (Wildman–Crippen LogP) is -0.992. The minimum Gasteiger partial charge on any atom is -0.480 e. The molecular formula is C11H19N3O5. The number of amides is 3. The molecule has 0 aliphatic carbocycles. The van der Waals surface area contributed by atoms with Gasteiger partial charge in [-0.1, -0.05) is 0 Å². The molecule has 1 aliphatic heterocycles. The zero-order chi connectivity index (χ0) is 14.3. The summed E-state index contributed by atoms with van der Waals surface area (Å²) in [7, 11) is 1.65. The molecule has 3 N–H and O–H groups in total. The highest BCUT2D eigenvalue weighted by Crippen LogP contribution is 2.12. The summed E-state index contributed by atoms with van der Waals surface area (Å²) in [6.07, 6.45) is 1.73. The highest BCUT2D eigenvalue weighted by molar-refractivity contribution is 5.86. The maximum Gasteiger partial charge on any atom is 0.322 e. The Morgan fingerprint density at radius 3 is 2.37 bits per heavy atom. The number of rotatable bonds is 5. The average molecular weight is 273 g/mol. The number of nitrogens with zero attached hydrogens (tertiary/aromatic N) is 1. The Bertz CT molecular complexity index is 339. The number of carbonyl (C=O) groups excluding carboxylic acids is 2. The molecule has 1 aliphatic rings. The van der Waals surface area contributed by atoms with Crippen molar-refractivity contribution in [2.24, 2.45) is 0 Å². The van der Waals surface area contributed by atoms with Crippen LogP contribution in [0.1, 0.15) is 12.8 Å². The molecule has 1 heterocycles. The van der Waals surface area contributed by atoms with Crippen LogP contribution >= 0.6 is 0 Å². The van der Waals surface area contributed by atoms with E-state index in [1.54, 1.807) is 12.0 Å². The van der Waals surface area contributed by atoms with Crippen LogP contribution < -0.4 is 10.6 Å². The van der Waals surface area contributed by atoms with Crippen LogP contribution in [-0.2, 0) is 14.3 Å². The first-order valence-corrected chi connectivity index (χ1v) is 6.07. The summed E-state index contributed by atoms with van der Waals surface area (Å²) >= 11 is 0. The van der Waals surface area contributed by atoms with E-state index in [9.17, 15) is 14.4 Å². The Morgan fingerprint density at radius 2 is 1.84 bits per heavy atom. The number of nitrogens with one attached hydrogen (secondary N) is 2. The van der Waals surface area contributed by atoms with Gasteiger partial charge in [0.1, 0.15) is 6.54 Å².